The maximum absolute atomic E-state index is 15.3. The van der Waals surface area contributed by atoms with Crippen molar-refractivity contribution in [1.82, 2.24) is 25.0 Å². The highest BCUT2D eigenvalue weighted by molar-refractivity contribution is 7.92. The quantitative estimate of drug-likeness (QED) is 0.405. The number of aromatic nitrogens is 5. The maximum Gasteiger partial charge on any atom is 0.251 e. The molecule has 41 heavy (non-hydrogen) atoms. The number of benzene rings is 1. The molecule has 0 bridgehead atoms. The molecular weight excluding hydrogens is 561 g/mol. The van der Waals surface area contributed by atoms with Gasteiger partial charge in [0.1, 0.15) is 23.0 Å². The number of piperidine rings is 2. The van der Waals surface area contributed by atoms with E-state index in [2.05, 4.69) is 29.9 Å². The SMILES string of the molecule is O=S(=O)(CCO)Nc1cc(N2CCC3(CC2)CC3)c(-n2cc(-c3cncc(N4CCC(F)(F)CC4)n3)nn2)cc1F. The Balaban J connectivity index is 1.31. The van der Waals surface area contributed by atoms with Crippen LogP contribution in [0.2, 0.25) is 0 Å². The topological polar surface area (TPSA) is 129 Å². The van der Waals surface area contributed by atoms with Crippen LogP contribution in [0.1, 0.15) is 38.5 Å². The van der Waals surface area contributed by atoms with E-state index in [4.69, 9.17) is 5.11 Å². The molecule has 1 aromatic carbocycles. The van der Waals surface area contributed by atoms with Gasteiger partial charge in [-0.15, -0.1) is 5.10 Å². The molecule has 0 atom stereocenters. The molecular formula is C26H31F3N8O3S. The van der Waals surface area contributed by atoms with Gasteiger partial charge in [0, 0.05) is 45.1 Å². The molecule has 0 amide bonds. The van der Waals surface area contributed by atoms with Crippen molar-refractivity contribution >= 4 is 27.2 Å². The Labute approximate surface area is 235 Å². The molecule has 0 unspecified atom stereocenters. The van der Waals surface area contributed by atoms with Crippen molar-refractivity contribution in [3.05, 3.63) is 36.5 Å². The molecule has 3 aliphatic rings. The number of hydrogen-bond acceptors (Lipinski definition) is 9. The number of sulfonamides is 1. The summed E-state index contributed by atoms with van der Waals surface area (Å²) in [5, 5.41) is 17.5. The second-order valence-corrected chi connectivity index (χ2v) is 12.9. The summed E-state index contributed by atoms with van der Waals surface area (Å²) >= 11 is 0. The fourth-order valence-corrected chi connectivity index (χ4v) is 6.33. The van der Waals surface area contributed by atoms with Crippen LogP contribution in [0.3, 0.4) is 0 Å². The van der Waals surface area contributed by atoms with Gasteiger partial charge in [-0.3, -0.25) is 9.71 Å². The minimum Gasteiger partial charge on any atom is -0.395 e. The molecule has 0 radical (unpaired) electrons. The minimum absolute atomic E-state index is 0.159. The first kappa shape index (κ1) is 27.7. The van der Waals surface area contributed by atoms with Crippen molar-refractivity contribution in [2.75, 3.05) is 53.1 Å². The van der Waals surface area contributed by atoms with Crippen molar-refractivity contribution in [1.29, 1.82) is 0 Å². The molecule has 3 aromatic rings. The van der Waals surface area contributed by atoms with Crippen molar-refractivity contribution in [2.24, 2.45) is 5.41 Å². The summed E-state index contributed by atoms with van der Waals surface area (Å²) in [6.07, 6.45) is 8.47. The lowest BCUT2D eigenvalue weighted by atomic mass is 9.93. The smallest absolute Gasteiger partial charge is 0.251 e. The number of alkyl halides is 2. The number of halogens is 3. The number of anilines is 3. The van der Waals surface area contributed by atoms with Crippen LogP contribution in [0.15, 0.2) is 30.7 Å². The van der Waals surface area contributed by atoms with Crippen molar-refractivity contribution in [3.63, 3.8) is 0 Å². The molecule has 3 fully saturated rings. The molecule has 1 spiro atoms. The van der Waals surface area contributed by atoms with Gasteiger partial charge in [-0.25, -0.2) is 31.3 Å². The summed E-state index contributed by atoms with van der Waals surface area (Å²) in [5.41, 5.74) is 1.88. The van der Waals surface area contributed by atoms with Gasteiger partial charge in [0.15, 0.2) is 0 Å². The molecule has 2 saturated heterocycles. The first-order valence-electron chi connectivity index (χ1n) is 13.6. The second kappa shape index (κ2) is 10.4. The van der Waals surface area contributed by atoms with E-state index >= 15 is 4.39 Å². The van der Waals surface area contributed by atoms with E-state index in [-0.39, 0.29) is 31.6 Å². The molecule has 11 nitrogen and oxygen atoms in total. The fourth-order valence-electron chi connectivity index (χ4n) is 5.50. The molecule has 6 rings (SSSR count). The van der Waals surface area contributed by atoms with Gasteiger partial charge in [-0.2, -0.15) is 0 Å². The van der Waals surface area contributed by atoms with Crippen molar-refractivity contribution in [2.45, 2.75) is 44.4 Å². The van der Waals surface area contributed by atoms with E-state index < -0.39 is 34.1 Å². The average molecular weight is 593 g/mol. The summed E-state index contributed by atoms with van der Waals surface area (Å²) in [5.74, 6) is -3.58. The third-order valence-electron chi connectivity index (χ3n) is 8.26. The van der Waals surface area contributed by atoms with Crippen molar-refractivity contribution < 1.29 is 26.7 Å². The van der Waals surface area contributed by atoms with Crippen LogP contribution in [-0.2, 0) is 10.0 Å². The zero-order valence-corrected chi connectivity index (χ0v) is 23.1. The Morgan fingerprint density at radius 3 is 2.32 bits per heavy atom. The molecule has 2 aliphatic heterocycles. The molecule has 15 heteroatoms. The van der Waals surface area contributed by atoms with Crippen LogP contribution in [0.25, 0.3) is 17.1 Å². The minimum atomic E-state index is -3.95. The summed E-state index contributed by atoms with van der Waals surface area (Å²) < 4.78 is 70.8. The first-order valence-corrected chi connectivity index (χ1v) is 15.3. The molecule has 2 N–H and O–H groups in total. The van der Waals surface area contributed by atoms with E-state index in [0.29, 0.717) is 34.0 Å². The summed E-state index contributed by atoms with van der Waals surface area (Å²) in [6.45, 7) is 1.18. The van der Waals surface area contributed by atoms with E-state index in [0.717, 1.165) is 25.9 Å². The van der Waals surface area contributed by atoms with Gasteiger partial charge in [-0.1, -0.05) is 5.21 Å². The van der Waals surface area contributed by atoms with E-state index in [9.17, 15) is 17.2 Å². The van der Waals surface area contributed by atoms with Crippen LogP contribution in [0.5, 0.6) is 0 Å². The van der Waals surface area contributed by atoms with Gasteiger partial charge < -0.3 is 14.9 Å². The number of nitrogens with zero attached hydrogens (tertiary/aromatic N) is 7. The summed E-state index contributed by atoms with van der Waals surface area (Å²) in [4.78, 5) is 12.6. The van der Waals surface area contributed by atoms with Crippen LogP contribution in [-0.4, -0.2) is 82.9 Å². The number of nitrogens with one attached hydrogen (secondary N) is 1. The Hall–Kier alpha value is -3.46. The standard InChI is InChI=1S/C26H31F3N8O3S/c27-18-13-23(22(14-19(18)33-41(39,40)12-11-38)35-7-3-25(1-2-25)4-8-35)37-17-21(32-34-37)20-15-30-16-24(31-20)36-9-5-26(28,29)6-10-36/h13-17,33,38H,1-12H2. The van der Waals surface area contributed by atoms with Crippen LogP contribution < -0.4 is 14.5 Å². The summed E-state index contributed by atoms with van der Waals surface area (Å²) in [7, 11) is -3.95. The van der Waals surface area contributed by atoms with Crippen molar-refractivity contribution in [3.8, 4) is 17.1 Å². The highest BCUT2D eigenvalue weighted by Gasteiger charge is 2.44. The zero-order chi connectivity index (χ0) is 28.8. The predicted molar refractivity (Wildman–Crippen MR) is 146 cm³/mol. The number of aliphatic hydroxyl groups excluding tert-OH is 1. The van der Waals surface area contributed by atoms with Gasteiger partial charge >= 0.3 is 0 Å². The third-order valence-corrected chi connectivity index (χ3v) is 9.51. The fraction of sp³-hybridized carbons (Fsp3) is 0.538. The third kappa shape index (κ3) is 5.96. The van der Waals surface area contributed by atoms with Crippen LogP contribution in [0.4, 0.5) is 30.4 Å². The Bertz CT molecular complexity index is 1530. The number of hydrogen-bond donors (Lipinski definition) is 2. The normalized spacial score (nSPS) is 19.9. The van der Waals surface area contributed by atoms with Crippen LogP contribution in [0, 0.1) is 11.2 Å². The zero-order valence-electron chi connectivity index (χ0n) is 22.3. The molecule has 1 saturated carbocycles. The Morgan fingerprint density at radius 2 is 1.63 bits per heavy atom. The largest absolute Gasteiger partial charge is 0.395 e. The van der Waals surface area contributed by atoms with Gasteiger partial charge in [0.05, 0.1) is 48.0 Å². The highest BCUT2D eigenvalue weighted by atomic mass is 32.2. The summed E-state index contributed by atoms with van der Waals surface area (Å²) in [6, 6.07) is 2.67. The Kier molecular flexibility index (Phi) is 7.04. The molecule has 4 heterocycles. The number of rotatable bonds is 8. The lowest BCUT2D eigenvalue weighted by Gasteiger charge is -2.35. The van der Waals surface area contributed by atoms with Gasteiger partial charge in [-0.05, 0) is 37.2 Å². The Morgan fingerprint density at radius 1 is 0.927 bits per heavy atom. The monoisotopic (exact) mass is 592 g/mol. The second-order valence-electron chi connectivity index (χ2n) is 11.1. The van der Waals surface area contributed by atoms with Gasteiger partial charge in [0.2, 0.25) is 10.0 Å². The average Bonchev–Trinajstić information content (AvgIpc) is 3.50. The predicted octanol–water partition coefficient (Wildman–Crippen LogP) is 3.21. The maximum atomic E-state index is 15.3. The molecule has 2 aromatic heterocycles. The van der Waals surface area contributed by atoms with E-state index in [1.807, 2.05) is 0 Å². The number of aliphatic hydroxyl groups is 1. The molecule has 220 valence electrons. The first-order chi connectivity index (χ1) is 19.6. The highest BCUT2D eigenvalue weighted by Crippen LogP contribution is 2.54. The lowest BCUT2D eigenvalue weighted by molar-refractivity contribution is -0.0221. The van der Waals surface area contributed by atoms with E-state index in [1.54, 1.807) is 11.1 Å². The lowest BCUT2D eigenvalue weighted by Crippen LogP contribution is -2.39. The van der Waals surface area contributed by atoms with Crippen LogP contribution >= 0.6 is 0 Å². The van der Waals surface area contributed by atoms with E-state index in [1.165, 1.54) is 42.0 Å². The van der Waals surface area contributed by atoms with Gasteiger partial charge in [0.25, 0.3) is 5.92 Å². The molecule has 1 aliphatic carbocycles.